The van der Waals surface area contributed by atoms with Gasteiger partial charge in [-0.15, -0.1) is 11.8 Å². The summed E-state index contributed by atoms with van der Waals surface area (Å²) in [6.45, 7) is 7.53. The van der Waals surface area contributed by atoms with Crippen molar-refractivity contribution in [3.05, 3.63) is 24.3 Å². The van der Waals surface area contributed by atoms with Crippen molar-refractivity contribution in [2.75, 3.05) is 11.9 Å². The molecule has 0 aromatic heterocycles. The zero-order chi connectivity index (χ0) is 14.6. The second-order valence-electron chi connectivity index (χ2n) is 6.23. The van der Waals surface area contributed by atoms with Gasteiger partial charge in [-0.1, -0.05) is 27.2 Å². The highest BCUT2D eigenvalue weighted by Gasteiger charge is 2.20. The van der Waals surface area contributed by atoms with Crippen LogP contribution in [0.4, 0.5) is 5.69 Å². The minimum atomic E-state index is -0.0348. The van der Waals surface area contributed by atoms with Crippen molar-refractivity contribution in [3.8, 4) is 0 Å². The van der Waals surface area contributed by atoms with E-state index in [1.165, 1.54) is 11.3 Å². The lowest BCUT2D eigenvalue weighted by molar-refractivity contribution is -0.118. The Bertz CT molecular complexity index is 445. The lowest BCUT2D eigenvalue weighted by Crippen LogP contribution is -2.43. The van der Waals surface area contributed by atoms with E-state index in [1.807, 2.05) is 23.9 Å². The molecule has 2 N–H and O–H groups in total. The molecule has 110 valence electrons. The normalized spacial score (nSPS) is 19.6. The van der Waals surface area contributed by atoms with E-state index in [9.17, 15) is 4.79 Å². The van der Waals surface area contributed by atoms with Gasteiger partial charge < -0.3 is 10.6 Å². The molecule has 1 amide bonds. The summed E-state index contributed by atoms with van der Waals surface area (Å²) in [5.41, 5.74) is 0.876. The molecule has 0 saturated carbocycles. The largest absolute Gasteiger partial charge is 0.325 e. The average molecular weight is 292 g/mol. The number of carbonyl (C=O) groups excluding carboxylic acids is 1. The number of benzene rings is 1. The Kier molecular flexibility index (Phi) is 5.11. The molecule has 0 bridgehead atoms. The number of rotatable bonds is 3. The van der Waals surface area contributed by atoms with E-state index in [0.29, 0.717) is 0 Å². The van der Waals surface area contributed by atoms with Crippen LogP contribution in [-0.2, 0) is 4.79 Å². The van der Waals surface area contributed by atoms with Gasteiger partial charge >= 0.3 is 0 Å². The highest BCUT2D eigenvalue weighted by molar-refractivity contribution is 8.00. The van der Waals surface area contributed by atoms with Crippen molar-refractivity contribution in [2.45, 2.75) is 55.7 Å². The monoisotopic (exact) mass is 292 g/mol. The maximum atomic E-state index is 12.1. The molecule has 1 aromatic rings. The molecule has 1 aromatic carbocycles. The number of nitrogens with one attached hydrogen (secondary N) is 2. The summed E-state index contributed by atoms with van der Waals surface area (Å²) in [5, 5.41) is 6.26. The second kappa shape index (κ2) is 6.64. The third kappa shape index (κ3) is 4.84. The van der Waals surface area contributed by atoms with Crippen LogP contribution in [0.3, 0.4) is 0 Å². The number of amides is 1. The van der Waals surface area contributed by atoms with E-state index in [2.05, 4.69) is 43.5 Å². The molecule has 20 heavy (non-hydrogen) atoms. The predicted molar refractivity (Wildman–Crippen MR) is 86.3 cm³/mol. The number of anilines is 1. The van der Waals surface area contributed by atoms with Crippen LogP contribution >= 0.6 is 11.8 Å². The van der Waals surface area contributed by atoms with E-state index in [4.69, 9.17) is 0 Å². The third-order valence-electron chi connectivity index (χ3n) is 3.17. The molecular formula is C16H24N2OS. The standard InChI is InChI=1S/C16H24N2OS/c1-16(2,3)20-13-9-7-12(8-10-13)18-15(19)14-6-4-5-11-17-14/h7-10,14,17H,4-6,11H2,1-3H3,(H,18,19). The summed E-state index contributed by atoms with van der Waals surface area (Å²) in [6.07, 6.45) is 3.23. The van der Waals surface area contributed by atoms with Crippen molar-refractivity contribution in [1.29, 1.82) is 0 Å². The summed E-state index contributed by atoms with van der Waals surface area (Å²) in [4.78, 5) is 13.3. The fourth-order valence-electron chi connectivity index (χ4n) is 2.26. The Balaban J connectivity index is 1.91. The Morgan fingerprint density at radius 2 is 1.95 bits per heavy atom. The first-order valence-corrected chi connectivity index (χ1v) is 8.09. The number of hydrogen-bond acceptors (Lipinski definition) is 3. The Morgan fingerprint density at radius 1 is 1.25 bits per heavy atom. The van der Waals surface area contributed by atoms with Gasteiger partial charge in [0, 0.05) is 15.3 Å². The van der Waals surface area contributed by atoms with Crippen LogP contribution in [-0.4, -0.2) is 23.2 Å². The van der Waals surface area contributed by atoms with E-state index < -0.39 is 0 Å². The lowest BCUT2D eigenvalue weighted by Gasteiger charge is -2.22. The van der Waals surface area contributed by atoms with Crippen molar-refractivity contribution in [2.24, 2.45) is 0 Å². The fraction of sp³-hybridized carbons (Fsp3) is 0.562. The Labute approximate surface area is 125 Å². The maximum Gasteiger partial charge on any atom is 0.241 e. The van der Waals surface area contributed by atoms with Crippen LogP contribution in [0.5, 0.6) is 0 Å². The number of carbonyl (C=O) groups is 1. The van der Waals surface area contributed by atoms with Gasteiger partial charge in [0.2, 0.25) is 5.91 Å². The van der Waals surface area contributed by atoms with Gasteiger partial charge in [0.15, 0.2) is 0 Å². The highest BCUT2D eigenvalue weighted by atomic mass is 32.2. The molecule has 0 spiro atoms. The van der Waals surface area contributed by atoms with E-state index >= 15 is 0 Å². The molecule has 0 aliphatic carbocycles. The van der Waals surface area contributed by atoms with Crippen LogP contribution < -0.4 is 10.6 Å². The van der Waals surface area contributed by atoms with Gasteiger partial charge in [0.1, 0.15) is 0 Å². The predicted octanol–water partition coefficient (Wildman–Crippen LogP) is 3.66. The van der Waals surface area contributed by atoms with E-state index in [1.54, 1.807) is 0 Å². The molecular weight excluding hydrogens is 268 g/mol. The van der Waals surface area contributed by atoms with Gasteiger partial charge in [-0.25, -0.2) is 0 Å². The Morgan fingerprint density at radius 3 is 2.50 bits per heavy atom. The van der Waals surface area contributed by atoms with Crippen LogP contribution in [0.15, 0.2) is 29.2 Å². The summed E-state index contributed by atoms with van der Waals surface area (Å²) >= 11 is 1.83. The van der Waals surface area contributed by atoms with Crippen molar-refractivity contribution >= 4 is 23.4 Å². The van der Waals surface area contributed by atoms with Crippen LogP contribution in [0.2, 0.25) is 0 Å². The van der Waals surface area contributed by atoms with Gasteiger partial charge in [-0.2, -0.15) is 0 Å². The zero-order valence-electron chi connectivity index (χ0n) is 12.5. The molecule has 4 heteroatoms. The Hall–Kier alpha value is -1.00. The van der Waals surface area contributed by atoms with Gasteiger partial charge in [0.05, 0.1) is 6.04 Å². The van der Waals surface area contributed by atoms with Gasteiger partial charge in [0.25, 0.3) is 0 Å². The SMILES string of the molecule is CC(C)(C)Sc1ccc(NC(=O)C2CCCCN2)cc1. The van der Waals surface area contributed by atoms with Gasteiger partial charge in [-0.05, 0) is 43.7 Å². The van der Waals surface area contributed by atoms with Gasteiger partial charge in [-0.3, -0.25) is 4.79 Å². The second-order valence-corrected chi connectivity index (χ2v) is 8.13. The molecule has 1 unspecified atom stereocenters. The van der Waals surface area contributed by atoms with Crippen LogP contribution in [0.25, 0.3) is 0 Å². The first-order chi connectivity index (χ1) is 9.44. The lowest BCUT2D eigenvalue weighted by atomic mass is 10.0. The summed E-state index contributed by atoms with van der Waals surface area (Å²) in [6, 6.07) is 8.07. The average Bonchev–Trinajstić information content (AvgIpc) is 2.40. The first kappa shape index (κ1) is 15.4. The quantitative estimate of drug-likeness (QED) is 0.835. The number of piperidine rings is 1. The fourth-order valence-corrected chi connectivity index (χ4v) is 3.24. The number of thioether (sulfide) groups is 1. The van der Waals surface area contributed by atoms with Crippen LogP contribution in [0, 0.1) is 0 Å². The molecule has 1 fully saturated rings. The highest BCUT2D eigenvalue weighted by Crippen LogP contribution is 2.32. The molecule has 3 nitrogen and oxygen atoms in total. The zero-order valence-corrected chi connectivity index (χ0v) is 13.3. The van der Waals surface area contributed by atoms with Crippen LogP contribution in [0.1, 0.15) is 40.0 Å². The molecule has 0 radical (unpaired) electrons. The molecule has 1 saturated heterocycles. The topological polar surface area (TPSA) is 41.1 Å². The maximum absolute atomic E-state index is 12.1. The van der Waals surface area contributed by atoms with Crippen molar-refractivity contribution in [3.63, 3.8) is 0 Å². The summed E-state index contributed by atoms with van der Waals surface area (Å²) in [7, 11) is 0. The third-order valence-corrected chi connectivity index (χ3v) is 4.29. The summed E-state index contributed by atoms with van der Waals surface area (Å²) < 4.78 is 0.205. The minimum Gasteiger partial charge on any atom is -0.325 e. The molecule has 1 atom stereocenters. The molecule has 1 heterocycles. The summed E-state index contributed by atoms with van der Waals surface area (Å²) in [5.74, 6) is 0.0842. The minimum absolute atomic E-state index is 0.0348. The number of hydrogen-bond donors (Lipinski definition) is 2. The first-order valence-electron chi connectivity index (χ1n) is 7.27. The molecule has 1 aliphatic rings. The smallest absolute Gasteiger partial charge is 0.241 e. The molecule has 2 rings (SSSR count). The van der Waals surface area contributed by atoms with E-state index in [0.717, 1.165) is 25.1 Å². The van der Waals surface area contributed by atoms with Crippen molar-refractivity contribution < 1.29 is 4.79 Å². The molecule has 1 aliphatic heterocycles. The van der Waals surface area contributed by atoms with E-state index in [-0.39, 0.29) is 16.7 Å². The van der Waals surface area contributed by atoms with Crippen molar-refractivity contribution in [1.82, 2.24) is 5.32 Å².